The van der Waals surface area contributed by atoms with E-state index in [4.69, 9.17) is 0 Å². The summed E-state index contributed by atoms with van der Waals surface area (Å²) in [6.45, 7) is 2.71. The maximum Gasteiger partial charge on any atom is 0.208 e. The molecule has 1 aromatic carbocycles. The Hall–Kier alpha value is -0.980. The van der Waals surface area contributed by atoms with Gasteiger partial charge in [0, 0.05) is 19.1 Å². The SMILES string of the molecule is CC(NCCNS(C)(=O)=O)c1cccc(F)c1. The molecule has 0 amide bonds. The van der Waals surface area contributed by atoms with Crippen molar-refractivity contribution in [1.29, 1.82) is 0 Å². The highest BCUT2D eigenvalue weighted by Crippen LogP contribution is 2.12. The van der Waals surface area contributed by atoms with Crippen molar-refractivity contribution in [3.8, 4) is 0 Å². The monoisotopic (exact) mass is 260 g/mol. The molecule has 0 fully saturated rings. The van der Waals surface area contributed by atoms with E-state index in [1.54, 1.807) is 6.07 Å². The highest BCUT2D eigenvalue weighted by molar-refractivity contribution is 7.88. The minimum atomic E-state index is -3.14. The summed E-state index contributed by atoms with van der Waals surface area (Å²) in [7, 11) is -3.14. The Morgan fingerprint density at radius 3 is 2.65 bits per heavy atom. The minimum absolute atomic E-state index is 0.0212. The van der Waals surface area contributed by atoms with Crippen molar-refractivity contribution in [2.24, 2.45) is 0 Å². The standard InChI is InChI=1S/C11H17FN2O2S/c1-9(10-4-3-5-11(12)8-10)13-6-7-14-17(2,15)16/h3-5,8-9,13-14H,6-7H2,1-2H3. The molecule has 0 aliphatic carbocycles. The Labute approximate surface area is 101 Å². The molecule has 0 radical (unpaired) electrons. The van der Waals surface area contributed by atoms with Crippen LogP contribution in [0.3, 0.4) is 0 Å². The van der Waals surface area contributed by atoms with Gasteiger partial charge < -0.3 is 5.32 Å². The first-order valence-corrected chi connectivity index (χ1v) is 7.21. The molecule has 0 aromatic heterocycles. The summed E-state index contributed by atoms with van der Waals surface area (Å²) < 4.78 is 36.9. The van der Waals surface area contributed by atoms with Crippen molar-refractivity contribution in [2.75, 3.05) is 19.3 Å². The third kappa shape index (κ3) is 5.76. The first-order chi connectivity index (χ1) is 7.88. The molecule has 2 N–H and O–H groups in total. The van der Waals surface area contributed by atoms with Crippen LogP contribution >= 0.6 is 0 Å². The maximum atomic E-state index is 13.0. The van der Waals surface area contributed by atoms with Gasteiger partial charge in [-0.05, 0) is 24.6 Å². The Morgan fingerprint density at radius 1 is 1.35 bits per heavy atom. The maximum absolute atomic E-state index is 13.0. The van der Waals surface area contributed by atoms with E-state index in [0.29, 0.717) is 13.1 Å². The van der Waals surface area contributed by atoms with Crippen molar-refractivity contribution < 1.29 is 12.8 Å². The predicted molar refractivity (Wildman–Crippen MR) is 65.7 cm³/mol. The molecule has 0 bridgehead atoms. The number of hydrogen-bond donors (Lipinski definition) is 2. The molecule has 0 heterocycles. The third-order valence-corrected chi connectivity index (χ3v) is 3.02. The number of sulfonamides is 1. The van der Waals surface area contributed by atoms with Gasteiger partial charge in [0.05, 0.1) is 6.26 Å². The van der Waals surface area contributed by atoms with Crippen LogP contribution in [0.1, 0.15) is 18.5 Å². The number of halogens is 1. The lowest BCUT2D eigenvalue weighted by Gasteiger charge is -2.14. The summed E-state index contributed by atoms with van der Waals surface area (Å²) in [6, 6.07) is 6.30. The molecule has 96 valence electrons. The summed E-state index contributed by atoms with van der Waals surface area (Å²) in [4.78, 5) is 0. The number of hydrogen-bond acceptors (Lipinski definition) is 3. The second kappa shape index (κ2) is 6.09. The molecule has 1 aromatic rings. The first kappa shape index (κ1) is 14.1. The van der Waals surface area contributed by atoms with Crippen LogP contribution < -0.4 is 10.0 Å². The van der Waals surface area contributed by atoms with E-state index in [0.717, 1.165) is 11.8 Å². The van der Waals surface area contributed by atoms with Crippen molar-refractivity contribution in [2.45, 2.75) is 13.0 Å². The summed E-state index contributed by atoms with van der Waals surface area (Å²) in [6.07, 6.45) is 1.11. The van der Waals surface area contributed by atoms with E-state index in [2.05, 4.69) is 10.0 Å². The second-order valence-electron chi connectivity index (χ2n) is 3.90. The lowest BCUT2D eigenvalue weighted by atomic mass is 10.1. The molecule has 6 heteroatoms. The fourth-order valence-corrected chi connectivity index (χ4v) is 1.89. The summed E-state index contributed by atoms with van der Waals surface area (Å²) in [5, 5.41) is 3.11. The van der Waals surface area contributed by atoms with Crippen LogP contribution in [-0.4, -0.2) is 27.8 Å². The zero-order valence-corrected chi connectivity index (χ0v) is 10.7. The molecular weight excluding hydrogens is 243 g/mol. The van der Waals surface area contributed by atoms with E-state index >= 15 is 0 Å². The molecular formula is C11H17FN2O2S. The van der Waals surface area contributed by atoms with E-state index in [1.807, 2.05) is 13.0 Å². The lowest BCUT2D eigenvalue weighted by molar-refractivity contribution is 0.552. The van der Waals surface area contributed by atoms with Crippen molar-refractivity contribution in [3.63, 3.8) is 0 Å². The zero-order chi connectivity index (χ0) is 12.9. The third-order valence-electron chi connectivity index (χ3n) is 2.29. The molecule has 4 nitrogen and oxygen atoms in total. The zero-order valence-electron chi connectivity index (χ0n) is 9.90. The van der Waals surface area contributed by atoms with Crippen LogP contribution in [0.4, 0.5) is 4.39 Å². The van der Waals surface area contributed by atoms with Crippen molar-refractivity contribution >= 4 is 10.0 Å². The van der Waals surface area contributed by atoms with Gasteiger partial charge in [-0.15, -0.1) is 0 Å². The van der Waals surface area contributed by atoms with Gasteiger partial charge in [-0.1, -0.05) is 12.1 Å². The van der Waals surface area contributed by atoms with Gasteiger partial charge in [-0.2, -0.15) is 0 Å². The summed E-state index contributed by atoms with van der Waals surface area (Å²) >= 11 is 0. The number of rotatable bonds is 6. The fraction of sp³-hybridized carbons (Fsp3) is 0.455. The van der Waals surface area contributed by atoms with Gasteiger partial charge in [0.1, 0.15) is 5.82 Å². The highest BCUT2D eigenvalue weighted by atomic mass is 32.2. The lowest BCUT2D eigenvalue weighted by Crippen LogP contribution is -2.32. The second-order valence-corrected chi connectivity index (χ2v) is 5.73. The highest BCUT2D eigenvalue weighted by Gasteiger charge is 2.05. The van der Waals surface area contributed by atoms with Gasteiger partial charge in [-0.25, -0.2) is 17.5 Å². The van der Waals surface area contributed by atoms with Crippen LogP contribution in [-0.2, 0) is 10.0 Å². The molecule has 17 heavy (non-hydrogen) atoms. The summed E-state index contributed by atoms with van der Waals surface area (Å²) in [5.41, 5.74) is 0.837. The van der Waals surface area contributed by atoms with Crippen LogP contribution in [0.2, 0.25) is 0 Å². The molecule has 0 saturated heterocycles. The molecule has 0 spiro atoms. The van der Waals surface area contributed by atoms with Crippen molar-refractivity contribution in [1.82, 2.24) is 10.0 Å². The number of nitrogens with one attached hydrogen (secondary N) is 2. The number of benzene rings is 1. The normalized spacial score (nSPS) is 13.6. The molecule has 0 aliphatic rings. The van der Waals surface area contributed by atoms with Crippen LogP contribution in [0.15, 0.2) is 24.3 Å². The average Bonchev–Trinajstić information content (AvgIpc) is 2.23. The quantitative estimate of drug-likeness (QED) is 0.751. The Kier molecular flexibility index (Phi) is 5.04. The van der Waals surface area contributed by atoms with Gasteiger partial charge in [0.15, 0.2) is 0 Å². The van der Waals surface area contributed by atoms with E-state index in [-0.39, 0.29) is 11.9 Å². The van der Waals surface area contributed by atoms with E-state index in [9.17, 15) is 12.8 Å². The Bertz CT molecular complexity index is 462. The fourth-order valence-electron chi connectivity index (χ4n) is 1.42. The molecule has 1 unspecified atom stereocenters. The molecule has 1 atom stereocenters. The van der Waals surface area contributed by atoms with E-state index < -0.39 is 10.0 Å². The molecule has 0 saturated carbocycles. The van der Waals surface area contributed by atoms with Crippen LogP contribution in [0, 0.1) is 5.82 Å². The van der Waals surface area contributed by atoms with Crippen LogP contribution in [0.5, 0.6) is 0 Å². The molecule has 1 rings (SSSR count). The smallest absolute Gasteiger partial charge is 0.208 e. The van der Waals surface area contributed by atoms with Crippen molar-refractivity contribution in [3.05, 3.63) is 35.6 Å². The van der Waals surface area contributed by atoms with Gasteiger partial charge in [0.2, 0.25) is 10.0 Å². The Morgan fingerprint density at radius 2 is 2.06 bits per heavy atom. The van der Waals surface area contributed by atoms with Crippen LogP contribution in [0.25, 0.3) is 0 Å². The minimum Gasteiger partial charge on any atom is -0.309 e. The van der Waals surface area contributed by atoms with E-state index in [1.165, 1.54) is 12.1 Å². The largest absolute Gasteiger partial charge is 0.309 e. The van der Waals surface area contributed by atoms with Gasteiger partial charge >= 0.3 is 0 Å². The Balaban J connectivity index is 2.38. The van der Waals surface area contributed by atoms with Gasteiger partial charge in [-0.3, -0.25) is 0 Å². The predicted octanol–water partition coefficient (Wildman–Crippen LogP) is 1.03. The topological polar surface area (TPSA) is 58.2 Å². The van der Waals surface area contributed by atoms with Gasteiger partial charge in [0.25, 0.3) is 0 Å². The summed E-state index contributed by atoms with van der Waals surface area (Å²) in [5.74, 6) is -0.273. The first-order valence-electron chi connectivity index (χ1n) is 5.32. The average molecular weight is 260 g/mol. The molecule has 0 aliphatic heterocycles.